The first-order chi connectivity index (χ1) is 20.0. The van der Waals surface area contributed by atoms with Crippen molar-refractivity contribution in [1.29, 1.82) is 10.8 Å². The van der Waals surface area contributed by atoms with Gasteiger partial charge < -0.3 is 37.0 Å². The third-order valence-corrected chi connectivity index (χ3v) is 6.70. The number of carbonyl (C=O) groups excluding carboxylic acids is 4. The summed E-state index contributed by atoms with van der Waals surface area (Å²) in [5.41, 5.74) is 12.6. The number of nitrogens with one attached hydrogen (secondary N) is 4. The van der Waals surface area contributed by atoms with E-state index < -0.39 is 36.3 Å². The van der Waals surface area contributed by atoms with Crippen LogP contribution < -0.4 is 22.1 Å². The number of aliphatic carboxylic acids is 1. The number of unbranched alkanes of at least 4 members (excludes halogenated alkanes) is 1. The molecule has 2 aromatic carbocycles. The number of piperazine rings is 1. The Hall–Kier alpha value is -5.27. The van der Waals surface area contributed by atoms with Gasteiger partial charge in [-0.2, -0.15) is 0 Å². The molecule has 222 valence electrons. The first-order valence-corrected chi connectivity index (χ1v) is 13.2. The molecule has 4 amide bonds. The second-order valence-electron chi connectivity index (χ2n) is 9.72. The van der Waals surface area contributed by atoms with Crippen LogP contribution in [0.3, 0.4) is 0 Å². The van der Waals surface area contributed by atoms with E-state index in [0.29, 0.717) is 29.7 Å². The molecule has 0 radical (unpaired) electrons. The Labute approximate surface area is 242 Å². The Kier molecular flexibility index (Phi) is 10.7. The van der Waals surface area contributed by atoms with E-state index in [1.807, 2.05) is 0 Å². The van der Waals surface area contributed by atoms with E-state index in [-0.39, 0.29) is 55.6 Å². The molecule has 1 saturated heterocycles. The topological polar surface area (TPSA) is 236 Å². The van der Waals surface area contributed by atoms with Gasteiger partial charge in [0.15, 0.2) is 0 Å². The lowest BCUT2D eigenvalue weighted by atomic mass is 10.0. The lowest BCUT2D eigenvalue weighted by Crippen LogP contribution is -2.60. The maximum Gasteiger partial charge on any atom is 0.323 e. The van der Waals surface area contributed by atoms with Crippen LogP contribution in [-0.2, 0) is 19.2 Å². The molecular formula is C28H34N8O6. The molecule has 0 spiro atoms. The van der Waals surface area contributed by atoms with Crippen molar-refractivity contribution in [3.8, 4) is 0 Å². The predicted octanol–water partition coefficient (Wildman–Crippen LogP) is 0.308. The zero-order valence-corrected chi connectivity index (χ0v) is 22.9. The van der Waals surface area contributed by atoms with Crippen molar-refractivity contribution in [3.05, 3.63) is 65.2 Å². The molecule has 1 unspecified atom stereocenters. The highest BCUT2D eigenvalue weighted by molar-refractivity contribution is 6.00. The second kappa shape index (κ2) is 14.4. The maximum absolute atomic E-state index is 13.1. The second-order valence-corrected chi connectivity index (χ2v) is 9.72. The van der Waals surface area contributed by atoms with Crippen molar-refractivity contribution in [2.24, 2.45) is 11.5 Å². The van der Waals surface area contributed by atoms with Crippen molar-refractivity contribution >= 4 is 47.0 Å². The number of nitrogen functional groups attached to an aromatic ring is 2. The molecule has 1 atom stereocenters. The lowest BCUT2D eigenvalue weighted by molar-refractivity contribution is -0.155. The van der Waals surface area contributed by atoms with Crippen LogP contribution in [0.25, 0.3) is 0 Å². The van der Waals surface area contributed by atoms with E-state index in [1.54, 1.807) is 24.3 Å². The number of hydrogen-bond donors (Lipinski definition) is 7. The molecule has 0 aromatic heterocycles. The van der Waals surface area contributed by atoms with Crippen LogP contribution in [0.5, 0.6) is 0 Å². The van der Waals surface area contributed by atoms with E-state index in [0.717, 1.165) is 0 Å². The molecule has 42 heavy (non-hydrogen) atoms. The molecule has 0 aliphatic carbocycles. The van der Waals surface area contributed by atoms with Gasteiger partial charge in [-0.25, -0.2) is 0 Å². The highest BCUT2D eigenvalue weighted by Gasteiger charge is 2.37. The van der Waals surface area contributed by atoms with Crippen LogP contribution in [0.2, 0.25) is 0 Å². The van der Waals surface area contributed by atoms with Crippen LogP contribution in [-0.4, -0.2) is 88.4 Å². The number of benzene rings is 2. The van der Waals surface area contributed by atoms with Gasteiger partial charge in [-0.1, -0.05) is 18.6 Å². The van der Waals surface area contributed by atoms with Crippen molar-refractivity contribution in [3.63, 3.8) is 0 Å². The quantitative estimate of drug-likeness (QED) is 0.0989. The van der Waals surface area contributed by atoms with Gasteiger partial charge in [-0.05, 0) is 49.2 Å². The summed E-state index contributed by atoms with van der Waals surface area (Å²) in [4.78, 5) is 64.8. The molecule has 1 fully saturated rings. The first kappa shape index (κ1) is 31.3. The number of nitrogens with two attached hydrogens (primary N) is 2. The minimum absolute atomic E-state index is 0.0403. The average Bonchev–Trinajstić information content (AvgIpc) is 2.95. The summed E-state index contributed by atoms with van der Waals surface area (Å²) in [7, 11) is 0. The molecule has 9 N–H and O–H groups in total. The number of hydrogen-bond acceptors (Lipinski definition) is 7. The molecule has 14 nitrogen and oxygen atoms in total. The molecule has 0 bridgehead atoms. The van der Waals surface area contributed by atoms with Gasteiger partial charge in [-0.15, -0.1) is 0 Å². The summed E-state index contributed by atoms with van der Waals surface area (Å²) in [6.07, 6.45) is 1.18. The minimum atomic E-state index is -1.17. The Balaban J connectivity index is 1.56. The van der Waals surface area contributed by atoms with Crippen LogP contribution in [0.4, 0.5) is 5.69 Å². The van der Waals surface area contributed by atoms with Gasteiger partial charge in [-0.3, -0.25) is 34.8 Å². The standard InChI is InChI=1S/C28H34N8O6/c29-25(30)17-5-7-19(8-6-17)27(41)33-15-23(38)36-14-13-35(16-24(39)40)28(42)21(36)3-1-2-4-22(37)34-20-11-9-18(10-12-20)26(31)32/h5-12,21H,1-4,13-16H2,(H3,29,30)(H3,31,32)(H,33,41)(H,34,37)(H,39,40). The van der Waals surface area contributed by atoms with Crippen molar-refractivity contribution in [2.75, 3.05) is 31.5 Å². The molecule has 2 aromatic rings. The zero-order chi connectivity index (χ0) is 30.8. The molecule has 3 rings (SSSR count). The number of carboxylic acids is 1. The van der Waals surface area contributed by atoms with E-state index in [1.165, 1.54) is 34.1 Å². The van der Waals surface area contributed by atoms with Gasteiger partial charge in [0.05, 0.1) is 6.54 Å². The fourth-order valence-corrected chi connectivity index (χ4v) is 4.48. The fourth-order valence-electron chi connectivity index (χ4n) is 4.48. The van der Waals surface area contributed by atoms with Gasteiger partial charge in [0.1, 0.15) is 24.3 Å². The fraction of sp³-hybridized carbons (Fsp3) is 0.321. The molecule has 1 aliphatic heterocycles. The zero-order valence-electron chi connectivity index (χ0n) is 22.9. The highest BCUT2D eigenvalue weighted by atomic mass is 16.4. The van der Waals surface area contributed by atoms with E-state index in [4.69, 9.17) is 22.3 Å². The number of amides is 4. The number of carboxylic acid groups (broad SMARTS) is 1. The monoisotopic (exact) mass is 578 g/mol. The van der Waals surface area contributed by atoms with Crippen LogP contribution >= 0.6 is 0 Å². The first-order valence-electron chi connectivity index (χ1n) is 13.2. The number of amidine groups is 2. The molecule has 1 heterocycles. The summed E-state index contributed by atoms with van der Waals surface area (Å²) in [5.74, 6) is -3.16. The normalized spacial score (nSPS) is 14.7. The third kappa shape index (κ3) is 8.61. The summed E-state index contributed by atoms with van der Waals surface area (Å²) in [6, 6.07) is 11.6. The van der Waals surface area contributed by atoms with E-state index in [9.17, 15) is 29.1 Å². The Morgan fingerprint density at radius 1 is 0.881 bits per heavy atom. The largest absolute Gasteiger partial charge is 0.480 e. The van der Waals surface area contributed by atoms with Gasteiger partial charge in [0.25, 0.3) is 5.91 Å². The number of carbonyl (C=O) groups is 5. The highest BCUT2D eigenvalue weighted by Crippen LogP contribution is 2.19. The Morgan fingerprint density at radius 2 is 1.45 bits per heavy atom. The van der Waals surface area contributed by atoms with Crippen molar-refractivity contribution in [1.82, 2.24) is 15.1 Å². The van der Waals surface area contributed by atoms with Crippen LogP contribution in [0.15, 0.2) is 48.5 Å². The molecular weight excluding hydrogens is 544 g/mol. The van der Waals surface area contributed by atoms with E-state index in [2.05, 4.69) is 10.6 Å². The SMILES string of the molecule is N=C(N)c1ccc(NC(=O)CCCCC2C(=O)N(CC(=O)O)CCN2C(=O)CNC(=O)c2ccc(C(=N)N)cc2)cc1. The van der Waals surface area contributed by atoms with Gasteiger partial charge >= 0.3 is 5.97 Å². The third-order valence-electron chi connectivity index (χ3n) is 6.70. The average molecular weight is 579 g/mol. The minimum Gasteiger partial charge on any atom is -0.480 e. The number of anilines is 1. The summed E-state index contributed by atoms with van der Waals surface area (Å²) < 4.78 is 0. The number of rotatable bonds is 13. The number of nitrogens with zero attached hydrogens (tertiary/aromatic N) is 2. The van der Waals surface area contributed by atoms with E-state index >= 15 is 0 Å². The maximum atomic E-state index is 13.1. The van der Waals surface area contributed by atoms with Gasteiger partial charge in [0, 0.05) is 41.9 Å². The summed E-state index contributed by atoms with van der Waals surface area (Å²) >= 11 is 0. The molecule has 14 heteroatoms. The predicted molar refractivity (Wildman–Crippen MR) is 154 cm³/mol. The lowest BCUT2D eigenvalue weighted by Gasteiger charge is -2.40. The van der Waals surface area contributed by atoms with Gasteiger partial charge in [0.2, 0.25) is 17.7 Å². The Bertz CT molecular complexity index is 1360. The van der Waals surface area contributed by atoms with Crippen LogP contribution in [0.1, 0.15) is 47.2 Å². The summed E-state index contributed by atoms with van der Waals surface area (Å²) in [6.45, 7) is -0.725. The summed E-state index contributed by atoms with van der Waals surface area (Å²) in [5, 5.41) is 29.3. The van der Waals surface area contributed by atoms with Crippen LogP contribution in [0, 0.1) is 10.8 Å². The Morgan fingerprint density at radius 3 is 2.02 bits per heavy atom. The molecule has 1 aliphatic rings. The molecule has 0 saturated carbocycles. The smallest absolute Gasteiger partial charge is 0.323 e. The van der Waals surface area contributed by atoms with Crippen molar-refractivity contribution < 1.29 is 29.1 Å². The van der Waals surface area contributed by atoms with Crippen molar-refractivity contribution in [2.45, 2.75) is 31.7 Å².